The normalized spacial score (nSPS) is 15.7. The largest absolute Gasteiger partial charge is 0.484 e. The Morgan fingerprint density at radius 3 is 2.62 bits per heavy atom. The van der Waals surface area contributed by atoms with Crippen LogP contribution in [0.1, 0.15) is 31.2 Å². The molecule has 116 valence electrons. The van der Waals surface area contributed by atoms with Crippen molar-refractivity contribution in [1.82, 2.24) is 10.2 Å². The molecule has 4 nitrogen and oxygen atoms in total. The van der Waals surface area contributed by atoms with Gasteiger partial charge in [0.2, 0.25) is 0 Å². The molecule has 0 radical (unpaired) electrons. The lowest BCUT2D eigenvalue weighted by Crippen LogP contribution is -2.34. The van der Waals surface area contributed by atoms with E-state index >= 15 is 0 Å². The summed E-state index contributed by atoms with van der Waals surface area (Å²) in [5.74, 6) is 0.693. The molecular formula is C17H26N2O2. The molecule has 0 bridgehead atoms. The van der Waals surface area contributed by atoms with E-state index in [1.54, 1.807) is 0 Å². The maximum Gasteiger partial charge on any atom is 0.257 e. The third-order valence-corrected chi connectivity index (χ3v) is 3.81. The minimum absolute atomic E-state index is 0.0470. The van der Waals surface area contributed by atoms with Gasteiger partial charge in [-0.15, -0.1) is 0 Å². The van der Waals surface area contributed by atoms with Crippen molar-refractivity contribution >= 4 is 5.91 Å². The third kappa shape index (κ3) is 6.17. The van der Waals surface area contributed by atoms with E-state index in [0.29, 0.717) is 0 Å². The van der Waals surface area contributed by atoms with Gasteiger partial charge in [-0.2, -0.15) is 0 Å². The molecule has 1 aliphatic heterocycles. The fourth-order valence-electron chi connectivity index (χ4n) is 2.55. The highest BCUT2D eigenvalue weighted by Crippen LogP contribution is 2.11. The van der Waals surface area contributed by atoms with Gasteiger partial charge in [-0.3, -0.25) is 4.79 Å². The van der Waals surface area contributed by atoms with Gasteiger partial charge in [0.15, 0.2) is 6.61 Å². The first-order valence-electron chi connectivity index (χ1n) is 7.92. The average Bonchev–Trinajstić information content (AvgIpc) is 2.52. The lowest BCUT2D eigenvalue weighted by molar-refractivity contribution is -0.123. The highest BCUT2D eigenvalue weighted by molar-refractivity contribution is 5.77. The van der Waals surface area contributed by atoms with Crippen molar-refractivity contribution in [2.75, 3.05) is 32.8 Å². The van der Waals surface area contributed by atoms with Gasteiger partial charge in [-0.25, -0.2) is 0 Å². The van der Waals surface area contributed by atoms with E-state index in [9.17, 15) is 4.79 Å². The van der Waals surface area contributed by atoms with Crippen molar-refractivity contribution in [3.05, 3.63) is 29.8 Å². The molecule has 21 heavy (non-hydrogen) atoms. The topological polar surface area (TPSA) is 41.6 Å². The molecule has 0 spiro atoms. The van der Waals surface area contributed by atoms with Crippen LogP contribution in [0.4, 0.5) is 0 Å². The number of amides is 1. The van der Waals surface area contributed by atoms with Crippen LogP contribution in [0.2, 0.25) is 0 Å². The second-order valence-electron chi connectivity index (χ2n) is 5.71. The minimum Gasteiger partial charge on any atom is -0.484 e. The molecule has 1 aliphatic rings. The van der Waals surface area contributed by atoms with Gasteiger partial charge in [0.1, 0.15) is 5.75 Å². The lowest BCUT2D eigenvalue weighted by atomic mass is 10.1. The summed E-state index contributed by atoms with van der Waals surface area (Å²) in [6.07, 6.45) is 5.01. The Bertz CT molecular complexity index is 425. The molecule has 0 saturated carbocycles. The van der Waals surface area contributed by atoms with Crippen molar-refractivity contribution < 1.29 is 9.53 Å². The van der Waals surface area contributed by atoms with E-state index in [1.807, 2.05) is 31.2 Å². The molecule has 1 saturated heterocycles. The second kappa shape index (κ2) is 8.67. The van der Waals surface area contributed by atoms with Gasteiger partial charge in [-0.1, -0.05) is 24.1 Å². The standard InChI is InChI=1S/C17H26N2O2/c1-15-6-8-16(9-7-15)21-14-17(20)18-10-5-13-19-11-3-2-4-12-19/h6-9H,2-5,10-14H2,1H3,(H,18,20). The fourth-order valence-corrected chi connectivity index (χ4v) is 2.55. The monoisotopic (exact) mass is 290 g/mol. The lowest BCUT2D eigenvalue weighted by Gasteiger charge is -2.26. The predicted molar refractivity (Wildman–Crippen MR) is 84.6 cm³/mol. The number of aryl methyl sites for hydroxylation is 1. The van der Waals surface area contributed by atoms with Gasteiger partial charge >= 0.3 is 0 Å². The summed E-state index contributed by atoms with van der Waals surface area (Å²) in [4.78, 5) is 14.2. The molecule has 0 aliphatic carbocycles. The number of likely N-dealkylation sites (tertiary alicyclic amines) is 1. The Labute approximate surface area is 127 Å². The van der Waals surface area contributed by atoms with Crippen LogP contribution in [-0.2, 0) is 4.79 Å². The highest BCUT2D eigenvalue weighted by atomic mass is 16.5. The van der Waals surface area contributed by atoms with Gasteiger partial charge < -0.3 is 15.0 Å². The molecule has 0 unspecified atom stereocenters. The van der Waals surface area contributed by atoms with Crippen molar-refractivity contribution in [2.45, 2.75) is 32.6 Å². The molecule has 1 aromatic rings. The number of carbonyl (C=O) groups is 1. The molecular weight excluding hydrogens is 264 g/mol. The van der Waals surface area contributed by atoms with Gasteiger partial charge in [0.05, 0.1) is 0 Å². The summed E-state index contributed by atoms with van der Waals surface area (Å²) in [6.45, 7) is 6.35. The van der Waals surface area contributed by atoms with E-state index in [2.05, 4.69) is 10.2 Å². The Morgan fingerprint density at radius 1 is 1.19 bits per heavy atom. The van der Waals surface area contributed by atoms with Crippen LogP contribution < -0.4 is 10.1 Å². The zero-order chi connectivity index (χ0) is 14.9. The molecule has 1 amide bonds. The summed E-state index contributed by atoms with van der Waals surface area (Å²) in [6, 6.07) is 7.73. The van der Waals surface area contributed by atoms with Crippen LogP contribution in [0.15, 0.2) is 24.3 Å². The van der Waals surface area contributed by atoms with Crippen LogP contribution in [-0.4, -0.2) is 43.6 Å². The van der Waals surface area contributed by atoms with Crippen molar-refractivity contribution in [3.8, 4) is 5.75 Å². The minimum atomic E-state index is -0.0470. The van der Waals surface area contributed by atoms with E-state index in [1.165, 1.54) is 37.9 Å². The quantitative estimate of drug-likeness (QED) is 0.784. The Hall–Kier alpha value is -1.55. The van der Waals surface area contributed by atoms with Crippen LogP contribution in [0.3, 0.4) is 0 Å². The van der Waals surface area contributed by atoms with Crippen LogP contribution >= 0.6 is 0 Å². The SMILES string of the molecule is Cc1ccc(OCC(=O)NCCCN2CCCCC2)cc1. The van der Waals surface area contributed by atoms with Crippen molar-refractivity contribution in [2.24, 2.45) is 0 Å². The summed E-state index contributed by atoms with van der Waals surface area (Å²) in [7, 11) is 0. The summed E-state index contributed by atoms with van der Waals surface area (Å²) < 4.78 is 5.45. The van der Waals surface area contributed by atoms with Crippen molar-refractivity contribution in [1.29, 1.82) is 0 Å². The van der Waals surface area contributed by atoms with E-state index in [4.69, 9.17) is 4.74 Å². The van der Waals surface area contributed by atoms with Crippen LogP contribution in [0, 0.1) is 6.92 Å². The smallest absolute Gasteiger partial charge is 0.257 e. The Morgan fingerprint density at radius 2 is 1.90 bits per heavy atom. The van der Waals surface area contributed by atoms with Gasteiger partial charge in [0, 0.05) is 6.54 Å². The maximum atomic E-state index is 11.7. The molecule has 0 atom stereocenters. The van der Waals surface area contributed by atoms with Gasteiger partial charge in [0.25, 0.3) is 5.91 Å². The van der Waals surface area contributed by atoms with Crippen molar-refractivity contribution in [3.63, 3.8) is 0 Å². The molecule has 4 heteroatoms. The summed E-state index contributed by atoms with van der Waals surface area (Å²) in [5.41, 5.74) is 1.18. The molecule has 0 aromatic heterocycles. The maximum absolute atomic E-state index is 11.7. The highest BCUT2D eigenvalue weighted by Gasteiger charge is 2.09. The number of ether oxygens (including phenoxy) is 1. The number of nitrogens with zero attached hydrogens (tertiary/aromatic N) is 1. The summed E-state index contributed by atoms with van der Waals surface area (Å²) >= 11 is 0. The predicted octanol–water partition coefficient (Wildman–Crippen LogP) is 2.37. The van der Waals surface area contributed by atoms with E-state index in [0.717, 1.165) is 25.3 Å². The van der Waals surface area contributed by atoms with Crippen LogP contribution in [0.5, 0.6) is 5.75 Å². The van der Waals surface area contributed by atoms with Gasteiger partial charge in [-0.05, 0) is 58.0 Å². The zero-order valence-corrected chi connectivity index (χ0v) is 12.9. The second-order valence-corrected chi connectivity index (χ2v) is 5.71. The number of rotatable bonds is 7. The average molecular weight is 290 g/mol. The first-order chi connectivity index (χ1) is 10.2. The molecule has 2 rings (SSSR count). The Balaban J connectivity index is 1.54. The number of benzene rings is 1. The number of nitrogens with one attached hydrogen (secondary N) is 1. The molecule has 1 N–H and O–H groups in total. The number of hydrogen-bond acceptors (Lipinski definition) is 3. The fraction of sp³-hybridized carbons (Fsp3) is 0.588. The Kier molecular flexibility index (Phi) is 6.54. The number of carbonyl (C=O) groups excluding carboxylic acids is 1. The number of piperidine rings is 1. The first kappa shape index (κ1) is 15.8. The zero-order valence-electron chi connectivity index (χ0n) is 12.9. The molecule has 1 heterocycles. The third-order valence-electron chi connectivity index (χ3n) is 3.81. The molecule has 1 fully saturated rings. The van der Waals surface area contributed by atoms with E-state index in [-0.39, 0.29) is 12.5 Å². The van der Waals surface area contributed by atoms with Crippen LogP contribution in [0.25, 0.3) is 0 Å². The van der Waals surface area contributed by atoms with E-state index < -0.39 is 0 Å². The number of hydrogen-bond donors (Lipinski definition) is 1. The molecule has 1 aromatic carbocycles. The first-order valence-corrected chi connectivity index (χ1v) is 7.92. The summed E-state index contributed by atoms with van der Waals surface area (Å²) in [5, 5.41) is 2.91.